The number of amides is 1. The van der Waals surface area contributed by atoms with Crippen molar-refractivity contribution in [3.8, 4) is 5.75 Å². The molecule has 0 saturated carbocycles. The molecule has 6 nitrogen and oxygen atoms in total. The molecule has 0 aliphatic heterocycles. The van der Waals surface area contributed by atoms with Crippen molar-refractivity contribution in [2.75, 3.05) is 11.9 Å². The highest BCUT2D eigenvalue weighted by Crippen LogP contribution is 2.34. The van der Waals surface area contributed by atoms with Crippen molar-refractivity contribution in [3.05, 3.63) is 95.3 Å². The van der Waals surface area contributed by atoms with Crippen LogP contribution in [-0.2, 0) is 6.54 Å². The molecule has 1 amide bonds. The SMILES string of the molecule is CCOc1ccccc1C(=O)Nc1ccccc1Sc1nc(Cl)nn1Cc1ccccc1. The van der Waals surface area contributed by atoms with Gasteiger partial charge in [-0.3, -0.25) is 4.79 Å². The Kier molecular flexibility index (Phi) is 7.09. The van der Waals surface area contributed by atoms with Gasteiger partial charge in [-0.1, -0.05) is 54.6 Å². The summed E-state index contributed by atoms with van der Waals surface area (Å²) in [7, 11) is 0. The van der Waals surface area contributed by atoms with Gasteiger partial charge in [-0.15, -0.1) is 5.10 Å². The van der Waals surface area contributed by atoms with Gasteiger partial charge in [0, 0.05) is 4.90 Å². The molecular formula is C24H21ClN4O2S. The van der Waals surface area contributed by atoms with Crippen molar-refractivity contribution in [2.45, 2.75) is 23.5 Å². The molecule has 0 bridgehead atoms. The summed E-state index contributed by atoms with van der Waals surface area (Å²) in [5.74, 6) is 0.304. The number of para-hydroxylation sites is 2. The van der Waals surface area contributed by atoms with Gasteiger partial charge in [-0.05, 0) is 60.1 Å². The summed E-state index contributed by atoms with van der Waals surface area (Å²) >= 11 is 7.50. The van der Waals surface area contributed by atoms with Gasteiger partial charge in [0.1, 0.15) is 5.75 Å². The Labute approximate surface area is 195 Å². The maximum absolute atomic E-state index is 13.0. The minimum Gasteiger partial charge on any atom is -0.493 e. The van der Waals surface area contributed by atoms with Gasteiger partial charge in [0.25, 0.3) is 5.91 Å². The fourth-order valence-corrected chi connectivity index (χ4v) is 4.26. The van der Waals surface area contributed by atoms with Crippen LogP contribution in [0.1, 0.15) is 22.8 Å². The first-order valence-electron chi connectivity index (χ1n) is 10.1. The van der Waals surface area contributed by atoms with Gasteiger partial charge in [0.2, 0.25) is 5.28 Å². The van der Waals surface area contributed by atoms with E-state index in [1.54, 1.807) is 16.8 Å². The van der Waals surface area contributed by atoms with Crippen LogP contribution in [0.3, 0.4) is 0 Å². The molecule has 0 spiro atoms. The lowest BCUT2D eigenvalue weighted by atomic mass is 10.2. The molecule has 32 heavy (non-hydrogen) atoms. The van der Waals surface area contributed by atoms with Gasteiger partial charge < -0.3 is 10.1 Å². The number of rotatable bonds is 8. The molecule has 0 aliphatic rings. The summed E-state index contributed by atoms with van der Waals surface area (Å²) in [5.41, 5.74) is 2.23. The van der Waals surface area contributed by atoms with E-state index in [9.17, 15) is 4.79 Å². The molecule has 0 fully saturated rings. The maximum Gasteiger partial charge on any atom is 0.259 e. The van der Waals surface area contributed by atoms with E-state index in [0.717, 1.165) is 10.5 Å². The summed E-state index contributed by atoms with van der Waals surface area (Å²) < 4.78 is 7.35. The van der Waals surface area contributed by atoms with Crippen LogP contribution >= 0.6 is 23.4 Å². The van der Waals surface area contributed by atoms with E-state index in [2.05, 4.69) is 15.4 Å². The first kappa shape index (κ1) is 21.9. The molecule has 1 N–H and O–H groups in total. The van der Waals surface area contributed by atoms with Crippen LogP contribution in [0.15, 0.2) is 88.9 Å². The summed E-state index contributed by atoms with van der Waals surface area (Å²) in [6, 6.07) is 24.7. The van der Waals surface area contributed by atoms with Crippen LogP contribution in [0.2, 0.25) is 5.28 Å². The summed E-state index contributed by atoms with van der Waals surface area (Å²) in [4.78, 5) is 18.2. The first-order chi connectivity index (χ1) is 15.6. The Morgan fingerprint density at radius 2 is 1.75 bits per heavy atom. The Hall–Kier alpha value is -3.29. The Bertz CT molecular complexity index is 1210. The quantitative estimate of drug-likeness (QED) is 0.358. The molecule has 0 radical (unpaired) electrons. The molecule has 4 aromatic rings. The van der Waals surface area contributed by atoms with Crippen LogP contribution in [0, 0.1) is 0 Å². The van der Waals surface area contributed by atoms with Crippen LogP contribution in [-0.4, -0.2) is 27.3 Å². The van der Waals surface area contributed by atoms with Gasteiger partial charge in [0.15, 0.2) is 5.16 Å². The number of ether oxygens (including phenoxy) is 1. The molecule has 162 valence electrons. The Morgan fingerprint density at radius 1 is 1.03 bits per heavy atom. The highest BCUT2D eigenvalue weighted by atomic mass is 35.5. The predicted octanol–water partition coefficient (Wildman–Crippen LogP) is 5.78. The van der Waals surface area contributed by atoms with Gasteiger partial charge >= 0.3 is 0 Å². The van der Waals surface area contributed by atoms with Crippen molar-refractivity contribution in [2.24, 2.45) is 0 Å². The lowest BCUT2D eigenvalue weighted by Crippen LogP contribution is -2.14. The van der Waals surface area contributed by atoms with Crippen molar-refractivity contribution in [1.29, 1.82) is 0 Å². The fourth-order valence-electron chi connectivity index (χ4n) is 3.12. The number of benzene rings is 3. The summed E-state index contributed by atoms with van der Waals surface area (Å²) in [6.07, 6.45) is 0. The molecule has 1 aromatic heterocycles. The van der Waals surface area contributed by atoms with E-state index in [0.29, 0.717) is 35.3 Å². The lowest BCUT2D eigenvalue weighted by Gasteiger charge is -2.13. The highest BCUT2D eigenvalue weighted by molar-refractivity contribution is 7.99. The molecule has 1 heterocycles. The minimum absolute atomic E-state index is 0.176. The van der Waals surface area contributed by atoms with Gasteiger partial charge in [-0.2, -0.15) is 4.98 Å². The number of carbonyl (C=O) groups is 1. The molecule has 0 unspecified atom stereocenters. The molecular weight excluding hydrogens is 444 g/mol. The predicted molar refractivity (Wildman–Crippen MR) is 127 cm³/mol. The third-order valence-corrected chi connectivity index (χ3v) is 5.78. The van der Waals surface area contributed by atoms with E-state index in [-0.39, 0.29) is 11.2 Å². The smallest absolute Gasteiger partial charge is 0.259 e. The highest BCUT2D eigenvalue weighted by Gasteiger charge is 2.17. The number of halogens is 1. The monoisotopic (exact) mass is 464 g/mol. The summed E-state index contributed by atoms with van der Waals surface area (Å²) in [5, 5.41) is 8.12. The number of carbonyl (C=O) groups excluding carboxylic acids is 1. The van der Waals surface area contributed by atoms with E-state index in [1.165, 1.54) is 11.8 Å². The van der Waals surface area contributed by atoms with Crippen molar-refractivity contribution in [1.82, 2.24) is 14.8 Å². The third kappa shape index (κ3) is 5.30. The van der Waals surface area contributed by atoms with E-state index in [4.69, 9.17) is 16.3 Å². The number of hydrogen-bond donors (Lipinski definition) is 1. The largest absolute Gasteiger partial charge is 0.493 e. The first-order valence-corrected chi connectivity index (χ1v) is 11.3. The minimum atomic E-state index is -0.245. The van der Waals surface area contributed by atoms with Gasteiger partial charge in [0.05, 0.1) is 24.4 Å². The van der Waals surface area contributed by atoms with Crippen molar-refractivity contribution >= 4 is 35.0 Å². The standard InChI is InChI=1S/C24H21ClN4O2S/c1-2-31-20-14-8-6-12-18(20)22(30)26-19-13-7-9-15-21(19)32-24-27-23(25)28-29(24)16-17-10-4-3-5-11-17/h3-15H,2,16H2,1H3,(H,26,30). The number of nitrogens with zero attached hydrogens (tertiary/aromatic N) is 3. The Morgan fingerprint density at radius 3 is 2.56 bits per heavy atom. The van der Waals surface area contributed by atoms with Crippen LogP contribution in [0.5, 0.6) is 5.75 Å². The molecule has 0 aliphatic carbocycles. The van der Waals surface area contributed by atoms with E-state index < -0.39 is 0 Å². The van der Waals surface area contributed by atoms with Crippen LogP contribution < -0.4 is 10.1 Å². The van der Waals surface area contributed by atoms with Crippen molar-refractivity contribution in [3.63, 3.8) is 0 Å². The number of nitrogens with one attached hydrogen (secondary N) is 1. The molecule has 8 heteroatoms. The zero-order valence-electron chi connectivity index (χ0n) is 17.4. The second-order valence-corrected chi connectivity index (χ2v) is 8.14. The second-order valence-electron chi connectivity index (χ2n) is 6.79. The van der Waals surface area contributed by atoms with Crippen LogP contribution in [0.4, 0.5) is 5.69 Å². The number of anilines is 1. The van der Waals surface area contributed by atoms with Gasteiger partial charge in [-0.25, -0.2) is 4.68 Å². The van der Waals surface area contributed by atoms with Crippen LogP contribution in [0.25, 0.3) is 0 Å². The Balaban J connectivity index is 1.57. The average molecular weight is 465 g/mol. The fraction of sp³-hybridized carbons (Fsp3) is 0.125. The normalized spacial score (nSPS) is 10.7. The van der Waals surface area contributed by atoms with Crippen molar-refractivity contribution < 1.29 is 9.53 Å². The zero-order chi connectivity index (χ0) is 22.3. The van der Waals surface area contributed by atoms with E-state index in [1.807, 2.05) is 73.7 Å². The number of hydrogen-bond acceptors (Lipinski definition) is 5. The second kappa shape index (κ2) is 10.3. The topological polar surface area (TPSA) is 69.0 Å². The third-order valence-electron chi connectivity index (χ3n) is 4.56. The lowest BCUT2D eigenvalue weighted by molar-refractivity contribution is 0.102. The molecule has 0 atom stereocenters. The van der Waals surface area contributed by atoms with E-state index >= 15 is 0 Å². The maximum atomic E-state index is 13.0. The zero-order valence-corrected chi connectivity index (χ0v) is 18.9. The number of aromatic nitrogens is 3. The average Bonchev–Trinajstić information content (AvgIpc) is 3.14. The summed E-state index contributed by atoms with van der Waals surface area (Å²) in [6.45, 7) is 2.91. The molecule has 3 aromatic carbocycles. The molecule has 4 rings (SSSR count). The molecule has 0 saturated heterocycles.